The number of carbonyl (C=O) groups excluding carboxylic acids is 1. The van der Waals surface area contributed by atoms with Crippen LogP contribution in [0.25, 0.3) is 0 Å². The minimum absolute atomic E-state index is 0.0111. The van der Waals surface area contributed by atoms with Crippen molar-refractivity contribution in [2.45, 2.75) is 19.5 Å². The number of halogens is 2. The molecule has 0 unspecified atom stereocenters. The van der Waals surface area contributed by atoms with Gasteiger partial charge in [-0.1, -0.05) is 0 Å². The second-order valence-corrected chi connectivity index (χ2v) is 3.55. The highest BCUT2D eigenvalue weighted by Gasteiger charge is 2.31. The monoisotopic (exact) mass is 228 g/mol. The summed E-state index contributed by atoms with van der Waals surface area (Å²) in [4.78, 5) is 11.3. The lowest BCUT2D eigenvalue weighted by Crippen LogP contribution is -2.09. The lowest BCUT2D eigenvalue weighted by atomic mass is 10.3. The van der Waals surface area contributed by atoms with Crippen LogP contribution in [0, 0.1) is 5.92 Å². The van der Waals surface area contributed by atoms with Gasteiger partial charge in [-0.3, -0.25) is 4.79 Å². The summed E-state index contributed by atoms with van der Waals surface area (Å²) in [6, 6.07) is 5.53. The maximum Gasteiger partial charge on any atom is 0.387 e. The van der Waals surface area contributed by atoms with Gasteiger partial charge in [0.25, 0.3) is 0 Å². The molecule has 1 fully saturated rings. The van der Waals surface area contributed by atoms with Crippen molar-refractivity contribution in [3.8, 4) is 11.5 Å². The molecule has 0 bridgehead atoms. The number of esters is 1. The SMILES string of the molecule is O=C(Oc1ccc(OC(F)F)cc1)C1CC1. The Morgan fingerprint density at radius 2 is 1.75 bits per heavy atom. The van der Waals surface area contributed by atoms with Crippen LogP contribution in [-0.2, 0) is 4.79 Å². The second-order valence-electron chi connectivity index (χ2n) is 3.55. The summed E-state index contributed by atoms with van der Waals surface area (Å²) in [6.07, 6.45) is 1.73. The number of ether oxygens (including phenoxy) is 2. The van der Waals surface area contributed by atoms with Crippen molar-refractivity contribution in [2.75, 3.05) is 0 Å². The zero-order chi connectivity index (χ0) is 11.5. The number of hydrogen-bond donors (Lipinski definition) is 0. The van der Waals surface area contributed by atoms with Crippen LogP contribution in [-0.4, -0.2) is 12.6 Å². The van der Waals surface area contributed by atoms with E-state index in [0.717, 1.165) is 12.8 Å². The van der Waals surface area contributed by atoms with E-state index in [9.17, 15) is 13.6 Å². The normalized spacial score (nSPS) is 14.9. The summed E-state index contributed by atoms with van der Waals surface area (Å²) in [6.45, 7) is -2.85. The third kappa shape index (κ3) is 2.92. The van der Waals surface area contributed by atoms with E-state index in [4.69, 9.17) is 4.74 Å². The topological polar surface area (TPSA) is 35.5 Å². The van der Waals surface area contributed by atoms with Gasteiger partial charge in [-0.05, 0) is 37.1 Å². The van der Waals surface area contributed by atoms with Gasteiger partial charge in [0.15, 0.2) is 0 Å². The van der Waals surface area contributed by atoms with Gasteiger partial charge in [-0.15, -0.1) is 0 Å². The Morgan fingerprint density at radius 1 is 1.19 bits per heavy atom. The smallest absolute Gasteiger partial charge is 0.387 e. The minimum atomic E-state index is -2.85. The summed E-state index contributed by atoms with van der Waals surface area (Å²) in [5, 5.41) is 0. The van der Waals surface area contributed by atoms with E-state index < -0.39 is 6.61 Å². The van der Waals surface area contributed by atoms with Crippen molar-refractivity contribution >= 4 is 5.97 Å². The quantitative estimate of drug-likeness (QED) is 0.587. The zero-order valence-electron chi connectivity index (χ0n) is 8.36. The molecule has 2 rings (SSSR count). The molecular formula is C11H10F2O3. The highest BCUT2D eigenvalue weighted by molar-refractivity contribution is 5.77. The van der Waals surface area contributed by atoms with Crippen LogP contribution in [0.3, 0.4) is 0 Å². The van der Waals surface area contributed by atoms with Gasteiger partial charge >= 0.3 is 12.6 Å². The van der Waals surface area contributed by atoms with Crippen molar-refractivity contribution in [1.29, 1.82) is 0 Å². The molecule has 0 amide bonds. The van der Waals surface area contributed by atoms with Gasteiger partial charge in [0.2, 0.25) is 0 Å². The predicted molar refractivity (Wildman–Crippen MR) is 51.4 cm³/mol. The summed E-state index contributed by atoms with van der Waals surface area (Å²) in [5.41, 5.74) is 0. The minimum Gasteiger partial charge on any atom is -0.435 e. The Hall–Kier alpha value is -1.65. The molecule has 1 aromatic carbocycles. The molecule has 1 aliphatic rings. The molecular weight excluding hydrogens is 218 g/mol. The van der Waals surface area contributed by atoms with Crippen molar-refractivity contribution in [2.24, 2.45) is 5.92 Å². The van der Waals surface area contributed by atoms with E-state index in [2.05, 4.69) is 4.74 Å². The van der Waals surface area contributed by atoms with Crippen LogP contribution in [0.1, 0.15) is 12.8 Å². The molecule has 0 atom stereocenters. The molecule has 86 valence electrons. The van der Waals surface area contributed by atoms with Crippen LogP contribution < -0.4 is 9.47 Å². The van der Waals surface area contributed by atoms with E-state index in [1.807, 2.05) is 0 Å². The molecule has 0 spiro atoms. The first-order chi connectivity index (χ1) is 7.65. The van der Waals surface area contributed by atoms with E-state index in [-0.39, 0.29) is 17.6 Å². The number of benzene rings is 1. The fraction of sp³-hybridized carbons (Fsp3) is 0.364. The maximum absolute atomic E-state index is 11.8. The summed E-state index contributed by atoms with van der Waals surface area (Å²) >= 11 is 0. The van der Waals surface area contributed by atoms with Gasteiger partial charge in [0, 0.05) is 0 Å². The van der Waals surface area contributed by atoms with Crippen LogP contribution in [0.2, 0.25) is 0 Å². The lowest BCUT2D eigenvalue weighted by Gasteiger charge is -2.06. The van der Waals surface area contributed by atoms with E-state index in [1.165, 1.54) is 24.3 Å². The number of hydrogen-bond acceptors (Lipinski definition) is 3. The maximum atomic E-state index is 11.8. The lowest BCUT2D eigenvalue weighted by molar-refractivity contribution is -0.135. The average Bonchev–Trinajstić information content (AvgIpc) is 3.03. The van der Waals surface area contributed by atoms with E-state index in [1.54, 1.807) is 0 Å². The Morgan fingerprint density at radius 3 is 2.25 bits per heavy atom. The van der Waals surface area contributed by atoms with Crippen molar-refractivity contribution in [3.63, 3.8) is 0 Å². The molecule has 0 N–H and O–H groups in total. The number of rotatable bonds is 4. The summed E-state index contributed by atoms with van der Waals surface area (Å²) < 4.78 is 32.9. The first-order valence-electron chi connectivity index (χ1n) is 4.92. The number of carbonyl (C=O) groups is 1. The third-order valence-electron chi connectivity index (χ3n) is 2.18. The van der Waals surface area contributed by atoms with Crippen LogP contribution in [0.15, 0.2) is 24.3 Å². The molecule has 1 aliphatic carbocycles. The standard InChI is InChI=1S/C11H10F2O3/c12-11(13)16-9-5-3-8(4-6-9)15-10(14)7-1-2-7/h3-7,11H,1-2H2. The van der Waals surface area contributed by atoms with Crippen molar-refractivity contribution < 1.29 is 23.0 Å². The Kier molecular flexibility index (Phi) is 3.03. The van der Waals surface area contributed by atoms with Gasteiger partial charge in [0.1, 0.15) is 11.5 Å². The van der Waals surface area contributed by atoms with E-state index in [0.29, 0.717) is 5.75 Å². The largest absolute Gasteiger partial charge is 0.435 e. The molecule has 0 aromatic heterocycles. The molecule has 16 heavy (non-hydrogen) atoms. The van der Waals surface area contributed by atoms with Crippen molar-refractivity contribution in [1.82, 2.24) is 0 Å². The second kappa shape index (κ2) is 4.47. The third-order valence-corrected chi connectivity index (χ3v) is 2.18. The average molecular weight is 228 g/mol. The van der Waals surface area contributed by atoms with Gasteiger partial charge in [-0.2, -0.15) is 8.78 Å². The highest BCUT2D eigenvalue weighted by atomic mass is 19.3. The Balaban J connectivity index is 1.93. The molecule has 0 heterocycles. The zero-order valence-corrected chi connectivity index (χ0v) is 8.36. The Labute approximate surface area is 91.0 Å². The molecule has 1 aromatic rings. The molecule has 5 heteroatoms. The van der Waals surface area contributed by atoms with E-state index >= 15 is 0 Å². The number of alkyl halides is 2. The molecule has 0 radical (unpaired) electrons. The first-order valence-corrected chi connectivity index (χ1v) is 4.92. The predicted octanol–water partition coefficient (Wildman–Crippen LogP) is 2.60. The molecule has 1 saturated carbocycles. The van der Waals surface area contributed by atoms with Gasteiger partial charge in [-0.25, -0.2) is 0 Å². The Bertz CT molecular complexity index is 371. The van der Waals surface area contributed by atoms with Crippen molar-refractivity contribution in [3.05, 3.63) is 24.3 Å². The van der Waals surface area contributed by atoms with Crippen LogP contribution in [0.4, 0.5) is 8.78 Å². The highest BCUT2D eigenvalue weighted by Crippen LogP contribution is 2.31. The fourth-order valence-electron chi connectivity index (χ4n) is 1.21. The first kappa shape index (κ1) is 10.9. The van der Waals surface area contributed by atoms with Gasteiger partial charge < -0.3 is 9.47 Å². The molecule has 0 aliphatic heterocycles. The summed E-state index contributed by atoms with van der Waals surface area (Å²) in [7, 11) is 0. The van der Waals surface area contributed by atoms with Crippen LogP contribution >= 0.6 is 0 Å². The van der Waals surface area contributed by atoms with Gasteiger partial charge in [0.05, 0.1) is 5.92 Å². The fourth-order valence-corrected chi connectivity index (χ4v) is 1.21. The van der Waals surface area contributed by atoms with Crippen LogP contribution in [0.5, 0.6) is 11.5 Å². The summed E-state index contributed by atoms with van der Waals surface area (Å²) in [5.74, 6) is 0.138. The molecule has 3 nitrogen and oxygen atoms in total. The molecule has 0 saturated heterocycles.